The summed E-state index contributed by atoms with van der Waals surface area (Å²) in [6, 6.07) is 0. The quantitative estimate of drug-likeness (QED) is 0.500. The third-order valence-corrected chi connectivity index (χ3v) is 3.32. The van der Waals surface area contributed by atoms with Gasteiger partial charge in [-0.25, -0.2) is 4.79 Å². The van der Waals surface area contributed by atoms with Crippen LogP contribution in [0, 0.1) is 5.41 Å². The number of fused-ring (bicyclic) bond motifs is 2. The fraction of sp³-hybridized carbons (Fsp3) is 0.700. The minimum absolute atomic E-state index is 0.295. The van der Waals surface area contributed by atoms with Gasteiger partial charge in [0, 0.05) is 0 Å². The molecule has 1 saturated carbocycles. The zero-order valence-electron chi connectivity index (χ0n) is 7.75. The summed E-state index contributed by atoms with van der Waals surface area (Å²) in [5.41, 5.74) is -0.201. The SMILES string of the molecule is CC12C=CC(OC(=O)O)(CC1)CC2. The first kappa shape index (κ1) is 8.60. The maximum atomic E-state index is 10.5. The smallest absolute Gasteiger partial charge is 0.450 e. The molecular weight excluding hydrogens is 168 g/mol. The molecule has 0 saturated heterocycles. The number of carboxylic acid groups (broad SMARTS) is 1. The van der Waals surface area contributed by atoms with E-state index >= 15 is 0 Å². The van der Waals surface area contributed by atoms with Gasteiger partial charge in [-0.05, 0) is 37.2 Å². The van der Waals surface area contributed by atoms with Crippen molar-refractivity contribution in [2.24, 2.45) is 5.41 Å². The summed E-state index contributed by atoms with van der Waals surface area (Å²) in [6.45, 7) is 2.22. The van der Waals surface area contributed by atoms with Gasteiger partial charge in [0.25, 0.3) is 0 Å². The molecule has 3 nitrogen and oxygen atoms in total. The topological polar surface area (TPSA) is 46.5 Å². The Balaban J connectivity index is 2.18. The van der Waals surface area contributed by atoms with Gasteiger partial charge in [0.05, 0.1) is 0 Å². The van der Waals surface area contributed by atoms with E-state index in [0.717, 1.165) is 25.7 Å². The Morgan fingerprint density at radius 3 is 2.31 bits per heavy atom. The van der Waals surface area contributed by atoms with E-state index in [1.165, 1.54) is 0 Å². The minimum Gasteiger partial charge on any atom is -0.450 e. The van der Waals surface area contributed by atoms with Crippen LogP contribution in [0.4, 0.5) is 4.79 Å². The Morgan fingerprint density at radius 2 is 1.92 bits per heavy atom. The summed E-state index contributed by atoms with van der Waals surface area (Å²) in [5, 5.41) is 8.59. The molecule has 13 heavy (non-hydrogen) atoms. The van der Waals surface area contributed by atoms with Crippen molar-refractivity contribution in [2.75, 3.05) is 0 Å². The monoisotopic (exact) mass is 182 g/mol. The number of rotatable bonds is 1. The number of carbonyl (C=O) groups is 1. The highest BCUT2D eigenvalue weighted by molar-refractivity contribution is 5.58. The number of ether oxygens (including phenoxy) is 1. The molecule has 0 aromatic carbocycles. The molecule has 0 heterocycles. The summed E-state index contributed by atoms with van der Waals surface area (Å²) in [4.78, 5) is 10.5. The highest BCUT2D eigenvalue weighted by Gasteiger charge is 2.44. The maximum Gasteiger partial charge on any atom is 0.506 e. The van der Waals surface area contributed by atoms with Gasteiger partial charge >= 0.3 is 6.16 Å². The molecule has 0 radical (unpaired) electrons. The molecule has 3 heteroatoms. The van der Waals surface area contributed by atoms with Crippen molar-refractivity contribution in [1.29, 1.82) is 0 Å². The van der Waals surface area contributed by atoms with E-state index in [0.29, 0.717) is 5.41 Å². The van der Waals surface area contributed by atoms with E-state index in [-0.39, 0.29) is 0 Å². The predicted octanol–water partition coefficient (Wildman–Crippen LogP) is 2.57. The molecule has 1 fully saturated rings. The lowest BCUT2D eigenvalue weighted by atomic mass is 9.64. The van der Waals surface area contributed by atoms with Crippen molar-refractivity contribution in [2.45, 2.75) is 38.2 Å². The van der Waals surface area contributed by atoms with E-state index in [1.807, 2.05) is 6.08 Å². The summed E-state index contributed by atoms with van der Waals surface area (Å²) in [6.07, 6.45) is 6.65. The van der Waals surface area contributed by atoms with Crippen LogP contribution in [-0.2, 0) is 4.74 Å². The van der Waals surface area contributed by atoms with Crippen LogP contribution in [0.25, 0.3) is 0 Å². The average molecular weight is 182 g/mol. The van der Waals surface area contributed by atoms with Gasteiger partial charge in [0.15, 0.2) is 0 Å². The fourth-order valence-electron chi connectivity index (χ4n) is 2.24. The third-order valence-electron chi connectivity index (χ3n) is 3.32. The highest BCUT2D eigenvalue weighted by atomic mass is 16.7. The van der Waals surface area contributed by atoms with Crippen LogP contribution in [0.1, 0.15) is 32.6 Å². The number of allylic oxidation sites excluding steroid dienone is 1. The Bertz CT molecular complexity index is 259. The van der Waals surface area contributed by atoms with Crippen LogP contribution in [0.15, 0.2) is 12.2 Å². The predicted molar refractivity (Wildman–Crippen MR) is 47.6 cm³/mol. The lowest BCUT2D eigenvalue weighted by Crippen LogP contribution is -2.43. The molecule has 1 N–H and O–H groups in total. The second kappa shape index (κ2) is 2.50. The van der Waals surface area contributed by atoms with Crippen LogP contribution in [0.3, 0.4) is 0 Å². The van der Waals surface area contributed by atoms with Gasteiger partial charge in [-0.3, -0.25) is 0 Å². The minimum atomic E-state index is -1.16. The van der Waals surface area contributed by atoms with Gasteiger partial charge in [0.1, 0.15) is 5.60 Å². The molecule has 72 valence electrons. The molecule has 0 aromatic rings. The van der Waals surface area contributed by atoms with E-state index in [9.17, 15) is 4.79 Å². The molecule has 3 aliphatic rings. The second-order valence-electron chi connectivity index (χ2n) is 4.42. The zero-order chi connectivity index (χ0) is 9.53. The second-order valence-corrected chi connectivity index (χ2v) is 4.42. The lowest BCUT2D eigenvalue weighted by molar-refractivity contribution is -0.0350. The van der Waals surface area contributed by atoms with Crippen molar-refractivity contribution in [3.63, 3.8) is 0 Å². The maximum absolute atomic E-state index is 10.5. The third kappa shape index (κ3) is 1.43. The summed E-state index contributed by atoms with van der Waals surface area (Å²) >= 11 is 0. The summed E-state index contributed by atoms with van der Waals surface area (Å²) < 4.78 is 4.94. The standard InChI is InChI=1S/C10H14O3/c1-9-2-5-10(6-3-9,7-4-9)13-8(11)12/h2,5H,3-4,6-7H2,1H3,(H,11,12). The molecule has 0 aromatic heterocycles. The first-order valence-corrected chi connectivity index (χ1v) is 4.66. The molecule has 0 atom stereocenters. The lowest BCUT2D eigenvalue weighted by Gasteiger charge is -2.45. The zero-order valence-corrected chi connectivity index (χ0v) is 7.75. The van der Waals surface area contributed by atoms with Gasteiger partial charge in [0.2, 0.25) is 0 Å². The van der Waals surface area contributed by atoms with Crippen LogP contribution in [0.5, 0.6) is 0 Å². The van der Waals surface area contributed by atoms with Crippen LogP contribution < -0.4 is 0 Å². The Kier molecular flexibility index (Phi) is 1.65. The molecule has 0 spiro atoms. The normalized spacial score (nSPS) is 41.9. The van der Waals surface area contributed by atoms with Gasteiger partial charge in [-0.2, -0.15) is 0 Å². The van der Waals surface area contributed by atoms with E-state index in [4.69, 9.17) is 9.84 Å². The molecule has 0 aliphatic heterocycles. The van der Waals surface area contributed by atoms with Crippen molar-refractivity contribution in [3.8, 4) is 0 Å². The molecule has 3 aliphatic carbocycles. The Hall–Kier alpha value is -0.990. The van der Waals surface area contributed by atoms with Crippen LogP contribution in [-0.4, -0.2) is 16.9 Å². The number of hydrogen-bond acceptors (Lipinski definition) is 2. The van der Waals surface area contributed by atoms with Crippen LogP contribution in [0.2, 0.25) is 0 Å². The average Bonchev–Trinajstić information content (AvgIpc) is 2.07. The van der Waals surface area contributed by atoms with Gasteiger partial charge in [-0.1, -0.05) is 13.0 Å². The van der Waals surface area contributed by atoms with Crippen molar-refractivity contribution < 1.29 is 14.6 Å². The van der Waals surface area contributed by atoms with Crippen molar-refractivity contribution >= 4 is 6.16 Å². The van der Waals surface area contributed by atoms with Gasteiger partial charge < -0.3 is 9.84 Å². The molecule has 2 bridgehead atoms. The first-order valence-electron chi connectivity index (χ1n) is 4.66. The fourth-order valence-corrected chi connectivity index (χ4v) is 2.24. The van der Waals surface area contributed by atoms with Crippen molar-refractivity contribution in [1.82, 2.24) is 0 Å². The summed E-state index contributed by atoms with van der Waals surface area (Å²) in [7, 11) is 0. The van der Waals surface area contributed by atoms with E-state index < -0.39 is 11.8 Å². The summed E-state index contributed by atoms with van der Waals surface area (Å²) in [5.74, 6) is 0. The number of hydrogen-bond donors (Lipinski definition) is 1. The molecule has 3 rings (SSSR count). The molecular formula is C10H14O3. The van der Waals surface area contributed by atoms with Crippen LogP contribution >= 0.6 is 0 Å². The molecule has 0 amide bonds. The molecule has 0 unspecified atom stereocenters. The van der Waals surface area contributed by atoms with E-state index in [1.54, 1.807) is 0 Å². The van der Waals surface area contributed by atoms with Crippen molar-refractivity contribution in [3.05, 3.63) is 12.2 Å². The van der Waals surface area contributed by atoms with E-state index in [2.05, 4.69) is 13.0 Å². The van der Waals surface area contributed by atoms with Gasteiger partial charge in [-0.15, -0.1) is 0 Å². The Labute approximate surface area is 77.4 Å². The Morgan fingerprint density at radius 1 is 1.31 bits per heavy atom. The first-order chi connectivity index (χ1) is 6.04. The highest BCUT2D eigenvalue weighted by Crippen LogP contribution is 2.48. The largest absolute Gasteiger partial charge is 0.506 e.